The second-order valence-corrected chi connectivity index (χ2v) is 8.14. The molecular formula is C18H28N2O5S. The molecule has 0 aromatic heterocycles. The molecule has 1 aromatic rings. The predicted octanol–water partition coefficient (Wildman–Crippen LogP) is 1.97. The van der Waals surface area contributed by atoms with Gasteiger partial charge in [0, 0.05) is 32.2 Å². The summed E-state index contributed by atoms with van der Waals surface area (Å²) in [5, 5.41) is 0. The molecule has 8 heteroatoms. The molecule has 0 radical (unpaired) electrons. The summed E-state index contributed by atoms with van der Waals surface area (Å²) in [4.78, 5) is 14.5. The van der Waals surface area contributed by atoms with Crippen LogP contribution in [-0.2, 0) is 14.8 Å². The second kappa shape index (κ2) is 8.73. The molecule has 1 aliphatic rings. The lowest BCUT2D eigenvalue weighted by atomic mass is 9.98. The maximum Gasteiger partial charge on any atom is 0.246 e. The Labute approximate surface area is 155 Å². The van der Waals surface area contributed by atoms with Crippen LogP contribution in [0.5, 0.6) is 11.5 Å². The maximum atomic E-state index is 13.2. The Morgan fingerprint density at radius 1 is 1.23 bits per heavy atom. The molecule has 1 heterocycles. The average molecular weight is 384 g/mol. The van der Waals surface area contributed by atoms with Gasteiger partial charge in [0.2, 0.25) is 15.9 Å². The minimum absolute atomic E-state index is 0.0208. The van der Waals surface area contributed by atoms with Crippen LogP contribution in [0.1, 0.15) is 26.7 Å². The summed E-state index contributed by atoms with van der Waals surface area (Å²) in [6.45, 7) is 5.70. The maximum absolute atomic E-state index is 13.2. The van der Waals surface area contributed by atoms with Gasteiger partial charge in [-0.2, -0.15) is 4.31 Å². The Morgan fingerprint density at radius 3 is 2.50 bits per heavy atom. The quantitative estimate of drug-likeness (QED) is 0.718. The van der Waals surface area contributed by atoms with Crippen molar-refractivity contribution in [1.29, 1.82) is 0 Å². The zero-order valence-corrected chi connectivity index (χ0v) is 16.7. The van der Waals surface area contributed by atoms with Crippen LogP contribution in [0, 0.1) is 5.92 Å². The van der Waals surface area contributed by atoms with E-state index in [2.05, 4.69) is 0 Å². The van der Waals surface area contributed by atoms with Crippen molar-refractivity contribution in [3.63, 3.8) is 0 Å². The van der Waals surface area contributed by atoms with Gasteiger partial charge in [-0.3, -0.25) is 4.79 Å². The van der Waals surface area contributed by atoms with Crippen molar-refractivity contribution in [2.75, 3.05) is 40.4 Å². The monoisotopic (exact) mass is 384 g/mol. The molecule has 0 unspecified atom stereocenters. The summed E-state index contributed by atoms with van der Waals surface area (Å²) in [5.41, 5.74) is 0. The van der Waals surface area contributed by atoms with Crippen molar-refractivity contribution >= 4 is 15.9 Å². The van der Waals surface area contributed by atoms with E-state index in [1.54, 1.807) is 17.0 Å². The molecule has 146 valence electrons. The number of piperidine rings is 1. The lowest BCUT2D eigenvalue weighted by molar-refractivity contribution is -0.136. The van der Waals surface area contributed by atoms with Crippen molar-refractivity contribution in [1.82, 2.24) is 9.21 Å². The molecule has 1 atom stereocenters. The first-order valence-electron chi connectivity index (χ1n) is 8.89. The van der Waals surface area contributed by atoms with Gasteiger partial charge in [-0.25, -0.2) is 8.42 Å². The number of sulfonamides is 1. The van der Waals surface area contributed by atoms with Gasteiger partial charge in [-0.15, -0.1) is 0 Å². The lowest BCUT2D eigenvalue weighted by Gasteiger charge is -2.34. The Morgan fingerprint density at radius 2 is 1.92 bits per heavy atom. The van der Waals surface area contributed by atoms with Crippen molar-refractivity contribution in [2.24, 2.45) is 5.92 Å². The van der Waals surface area contributed by atoms with Crippen molar-refractivity contribution in [2.45, 2.75) is 31.6 Å². The zero-order chi connectivity index (χ0) is 19.3. The van der Waals surface area contributed by atoms with Gasteiger partial charge in [0.1, 0.15) is 16.4 Å². The Hall–Kier alpha value is -1.80. The SMILES string of the molecule is CCN(CC)C(=O)[C@@H]1CCCN(S(=O)(=O)c2cc(OC)ccc2OC)C1. The van der Waals surface area contributed by atoms with E-state index < -0.39 is 10.0 Å². The fraction of sp³-hybridized carbons (Fsp3) is 0.611. The molecule has 0 N–H and O–H groups in total. The highest BCUT2D eigenvalue weighted by atomic mass is 32.2. The molecule has 0 saturated carbocycles. The minimum Gasteiger partial charge on any atom is -0.497 e. The number of amides is 1. The number of methoxy groups -OCH3 is 2. The molecule has 1 fully saturated rings. The molecule has 0 spiro atoms. The highest BCUT2D eigenvalue weighted by Gasteiger charge is 2.36. The summed E-state index contributed by atoms with van der Waals surface area (Å²) in [6.07, 6.45) is 1.36. The van der Waals surface area contributed by atoms with E-state index in [1.165, 1.54) is 24.6 Å². The largest absolute Gasteiger partial charge is 0.497 e. The van der Waals surface area contributed by atoms with Crippen LogP contribution in [0.4, 0.5) is 0 Å². The van der Waals surface area contributed by atoms with E-state index in [0.29, 0.717) is 38.2 Å². The third kappa shape index (κ3) is 4.12. The zero-order valence-electron chi connectivity index (χ0n) is 15.9. The number of ether oxygens (including phenoxy) is 2. The van der Waals surface area contributed by atoms with E-state index in [-0.39, 0.29) is 29.0 Å². The molecule has 26 heavy (non-hydrogen) atoms. The van der Waals surface area contributed by atoms with Crippen LogP contribution in [-0.4, -0.2) is 63.9 Å². The number of hydrogen-bond acceptors (Lipinski definition) is 5. The minimum atomic E-state index is -3.79. The van der Waals surface area contributed by atoms with Crippen molar-refractivity contribution in [3.8, 4) is 11.5 Å². The fourth-order valence-corrected chi connectivity index (χ4v) is 4.97. The summed E-state index contributed by atoms with van der Waals surface area (Å²) in [7, 11) is -0.867. The van der Waals surface area contributed by atoms with Gasteiger partial charge < -0.3 is 14.4 Å². The summed E-state index contributed by atoms with van der Waals surface area (Å²) in [5.74, 6) is 0.419. The highest BCUT2D eigenvalue weighted by molar-refractivity contribution is 7.89. The van der Waals surface area contributed by atoms with E-state index >= 15 is 0 Å². The Bertz CT molecular complexity index is 731. The number of hydrogen-bond donors (Lipinski definition) is 0. The topological polar surface area (TPSA) is 76.2 Å². The first-order valence-corrected chi connectivity index (χ1v) is 10.3. The van der Waals surface area contributed by atoms with Crippen molar-refractivity contribution < 1.29 is 22.7 Å². The van der Waals surface area contributed by atoms with Crippen LogP contribution < -0.4 is 9.47 Å². The second-order valence-electron chi connectivity index (χ2n) is 6.23. The molecule has 0 bridgehead atoms. The third-order valence-corrected chi connectivity index (χ3v) is 6.68. The third-order valence-electron chi connectivity index (χ3n) is 4.80. The van der Waals surface area contributed by atoms with Gasteiger partial charge in [-0.05, 0) is 38.8 Å². The predicted molar refractivity (Wildman–Crippen MR) is 99.0 cm³/mol. The number of rotatable bonds is 7. The number of benzene rings is 1. The number of carbonyl (C=O) groups is 1. The van der Waals surface area contributed by atoms with Gasteiger partial charge in [0.05, 0.1) is 20.1 Å². The molecule has 7 nitrogen and oxygen atoms in total. The van der Waals surface area contributed by atoms with Gasteiger partial charge in [0.15, 0.2) is 0 Å². The summed E-state index contributed by atoms with van der Waals surface area (Å²) in [6, 6.07) is 4.69. The van der Waals surface area contributed by atoms with Crippen LogP contribution in [0.15, 0.2) is 23.1 Å². The van der Waals surface area contributed by atoms with Gasteiger partial charge >= 0.3 is 0 Å². The van der Waals surface area contributed by atoms with Crippen molar-refractivity contribution in [3.05, 3.63) is 18.2 Å². The Kier molecular flexibility index (Phi) is 6.88. The van der Waals surface area contributed by atoms with E-state index in [9.17, 15) is 13.2 Å². The standard InChI is InChI=1S/C18H28N2O5S/c1-5-19(6-2)18(21)14-8-7-11-20(13-14)26(22,23)17-12-15(24-3)9-10-16(17)25-4/h9-10,12,14H,5-8,11,13H2,1-4H3/t14-/m1/s1. The molecule has 1 aliphatic heterocycles. The van der Waals surface area contributed by atoms with Crippen LogP contribution in [0.3, 0.4) is 0 Å². The lowest BCUT2D eigenvalue weighted by Crippen LogP contribution is -2.46. The number of carbonyl (C=O) groups excluding carboxylic acids is 1. The molecule has 1 amide bonds. The average Bonchev–Trinajstić information content (AvgIpc) is 2.68. The first kappa shape index (κ1) is 20.5. The molecular weight excluding hydrogens is 356 g/mol. The number of nitrogens with zero attached hydrogens (tertiary/aromatic N) is 2. The fourth-order valence-electron chi connectivity index (χ4n) is 3.28. The van der Waals surface area contributed by atoms with Crippen LogP contribution in [0.2, 0.25) is 0 Å². The molecule has 2 rings (SSSR count). The van der Waals surface area contributed by atoms with Crippen LogP contribution in [0.25, 0.3) is 0 Å². The normalized spacial score (nSPS) is 18.4. The summed E-state index contributed by atoms with van der Waals surface area (Å²) < 4.78 is 38.1. The molecule has 0 aliphatic carbocycles. The molecule has 1 aromatic carbocycles. The van der Waals surface area contributed by atoms with Gasteiger partial charge in [0.25, 0.3) is 0 Å². The summed E-state index contributed by atoms with van der Waals surface area (Å²) >= 11 is 0. The van der Waals surface area contributed by atoms with Gasteiger partial charge in [-0.1, -0.05) is 0 Å². The van der Waals surface area contributed by atoms with E-state index in [1.807, 2.05) is 13.8 Å². The highest BCUT2D eigenvalue weighted by Crippen LogP contribution is 2.32. The van der Waals surface area contributed by atoms with E-state index in [0.717, 1.165) is 0 Å². The van der Waals surface area contributed by atoms with E-state index in [4.69, 9.17) is 9.47 Å². The smallest absolute Gasteiger partial charge is 0.246 e. The molecule has 1 saturated heterocycles. The first-order chi connectivity index (χ1) is 12.4. The Balaban J connectivity index is 2.30. The van der Waals surface area contributed by atoms with Crippen LogP contribution >= 0.6 is 0 Å².